The smallest absolute Gasteiger partial charge is 0.187 e. The van der Waals surface area contributed by atoms with Crippen molar-refractivity contribution in [3.8, 4) is 0 Å². The average molecular weight is 631 g/mol. The first-order valence-corrected chi connectivity index (χ1v) is 15.7. The Hall–Kier alpha value is -2.00. The van der Waals surface area contributed by atoms with Crippen LogP contribution in [0.25, 0.3) is 0 Å². The molecular weight excluding hydrogens is 584 g/mol. The van der Waals surface area contributed by atoms with E-state index in [1.807, 2.05) is 102 Å². The van der Waals surface area contributed by atoms with E-state index in [0.717, 1.165) is 11.1 Å². The lowest BCUT2D eigenvalue weighted by Gasteiger charge is -2.27. The van der Waals surface area contributed by atoms with E-state index in [0.29, 0.717) is 19.8 Å². The van der Waals surface area contributed by atoms with Crippen LogP contribution in [0.5, 0.6) is 0 Å². The van der Waals surface area contributed by atoms with Gasteiger partial charge in [0.2, 0.25) is 0 Å². The van der Waals surface area contributed by atoms with E-state index in [2.05, 4.69) is 0 Å². The zero-order valence-corrected chi connectivity index (χ0v) is 26.8. The highest BCUT2D eigenvalue weighted by Gasteiger charge is 2.59. The molecular formula is C34H46O11. The van der Waals surface area contributed by atoms with Gasteiger partial charge in [-0.2, -0.15) is 0 Å². The van der Waals surface area contributed by atoms with E-state index in [1.165, 1.54) is 0 Å². The molecule has 0 saturated carbocycles. The molecule has 0 bridgehead atoms. The van der Waals surface area contributed by atoms with Crippen LogP contribution in [0.3, 0.4) is 0 Å². The molecule has 2 aromatic carbocycles. The zero-order valence-electron chi connectivity index (χ0n) is 26.8. The predicted octanol–water partition coefficient (Wildman–Crippen LogP) is 4.04. The van der Waals surface area contributed by atoms with Crippen molar-refractivity contribution in [1.29, 1.82) is 0 Å². The van der Waals surface area contributed by atoms with Gasteiger partial charge in [0, 0.05) is 0 Å². The van der Waals surface area contributed by atoms with Crippen LogP contribution in [0.1, 0.15) is 52.7 Å². The maximum Gasteiger partial charge on any atom is 0.187 e. The highest BCUT2D eigenvalue weighted by Crippen LogP contribution is 2.43. The molecule has 7 rings (SSSR count). The lowest BCUT2D eigenvalue weighted by molar-refractivity contribution is -0.250. The molecule has 5 aliphatic heterocycles. The van der Waals surface area contributed by atoms with E-state index < -0.39 is 36.0 Å². The van der Waals surface area contributed by atoms with E-state index in [9.17, 15) is 5.11 Å². The van der Waals surface area contributed by atoms with Gasteiger partial charge in [-0.05, 0) is 52.7 Å². The summed E-state index contributed by atoms with van der Waals surface area (Å²) in [4.78, 5) is 0. The van der Waals surface area contributed by atoms with E-state index in [4.69, 9.17) is 47.4 Å². The summed E-state index contributed by atoms with van der Waals surface area (Å²) in [6.07, 6.45) is -3.00. The first-order valence-electron chi connectivity index (χ1n) is 15.7. The van der Waals surface area contributed by atoms with Crippen LogP contribution in [0.15, 0.2) is 60.7 Å². The quantitative estimate of drug-likeness (QED) is 0.456. The van der Waals surface area contributed by atoms with Crippen LogP contribution < -0.4 is 0 Å². The average Bonchev–Trinajstić information content (AvgIpc) is 3.77. The molecule has 2 aromatic rings. The number of aliphatic hydroxyl groups excluding tert-OH is 1. The Balaban J connectivity index is 0.000000163. The van der Waals surface area contributed by atoms with Gasteiger partial charge >= 0.3 is 0 Å². The normalized spacial score (nSPS) is 37.2. The van der Waals surface area contributed by atoms with Gasteiger partial charge in [0.15, 0.2) is 29.9 Å². The molecule has 45 heavy (non-hydrogen) atoms. The molecule has 1 N–H and O–H groups in total. The van der Waals surface area contributed by atoms with Crippen LogP contribution in [0.4, 0.5) is 0 Å². The lowest BCUT2D eigenvalue weighted by atomic mass is 10.1. The van der Waals surface area contributed by atoms with Crippen molar-refractivity contribution in [3.05, 3.63) is 71.8 Å². The molecule has 11 heteroatoms. The van der Waals surface area contributed by atoms with Crippen LogP contribution in [0, 0.1) is 0 Å². The van der Waals surface area contributed by atoms with Gasteiger partial charge in [0.25, 0.3) is 0 Å². The summed E-state index contributed by atoms with van der Waals surface area (Å²) in [5, 5.41) is 9.37. The van der Waals surface area contributed by atoms with Crippen molar-refractivity contribution in [3.63, 3.8) is 0 Å². The van der Waals surface area contributed by atoms with E-state index >= 15 is 0 Å². The van der Waals surface area contributed by atoms with E-state index in [1.54, 1.807) is 0 Å². The number of hydrogen-bond donors (Lipinski definition) is 1. The minimum atomic E-state index is -0.666. The third kappa shape index (κ3) is 7.77. The maximum atomic E-state index is 9.37. The second-order valence-electron chi connectivity index (χ2n) is 13.3. The number of fused-ring (bicyclic) bond motifs is 2. The molecule has 0 spiro atoms. The summed E-state index contributed by atoms with van der Waals surface area (Å²) in [5.74, 6) is -1.94. The van der Waals surface area contributed by atoms with Gasteiger partial charge < -0.3 is 52.5 Å². The largest absolute Gasteiger partial charge is 0.394 e. The Morgan fingerprint density at radius 1 is 0.600 bits per heavy atom. The van der Waals surface area contributed by atoms with Gasteiger partial charge in [-0.3, -0.25) is 0 Å². The number of ether oxygens (including phenoxy) is 10. The number of rotatable bonds is 8. The van der Waals surface area contributed by atoms with Gasteiger partial charge in [-0.15, -0.1) is 0 Å². The van der Waals surface area contributed by atoms with Crippen molar-refractivity contribution >= 4 is 0 Å². The molecule has 0 amide bonds. The minimum absolute atomic E-state index is 0.105. The molecule has 9 atom stereocenters. The standard InChI is InChI=1S/C19H26O6.C15H20O5/c1-18(2)21-11-13(23-18)14-15-16(25-19(3,4)24-15)17(22-14)20-10-12-8-6-5-7-9-12;1-15(2)19-12-11(8-16)18-14(13(12)20-15)17-9-10-6-4-3-5-7-10/h5-9,13-17H,10-11H2,1-4H3;3-7,11-14,16H,8-9H2,1-2H3/t13?,14-,15?,16?,17?;11-,12?,13?,14?/m00/s1. The molecule has 248 valence electrons. The van der Waals surface area contributed by atoms with Crippen LogP contribution in [0.2, 0.25) is 0 Å². The van der Waals surface area contributed by atoms with Crippen molar-refractivity contribution < 1.29 is 52.5 Å². The Kier molecular flexibility index (Phi) is 9.69. The molecule has 5 fully saturated rings. The van der Waals surface area contributed by atoms with Gasteiger partial charge in [-0.25, -0.2) is 0 Å². The van der Waals surface area contributed by atoms with Gasteiger partial charge in [0.1, 0.15) is 42.7 Å². The van der Waals surface area contributed by atoms with Crippen molar-refractivity contribution in [1.82, 2.24) is 0 Å². The zero-order chi connectivity index (χ0) is 31.8. The molecule has 5 heterocycles. The first kappa shape index (κ1) is 32.9. The fourth-order valence-electron chi connectivity index (χ4n) is 6.33. The first-order chi connectivity index (χ1) is 21.4. The molecule has 0 radical (unpaired) electrons. The Labute approximate surface area is 264 Å². The number of benzene rings is 2. The summed E-state index contributed by atoms with van der Waals surface area (Å²) in [6, 6.07) is 19.9. The molecule has 5 aliphatic rings. The second-order valence-corrected chi connectivity index (χ2v) is 13.3. The fraction of sp³-hybridized carbons (Fsp3) is 0.647. The molecule has 11 nitrogen and oxygen atoms in total. The van der Waals surface area contributed by atoms with Crippen LogP contribution in [-0.2, 0) is 60.6 Å². The highest BCUT2D eigenvalue weighted by atomic mass is 16.8. The molecule has 0 aromatic heterocycles. The molecule has 0 aliphatic carbocycles. The molecule has 5 saturated heterocycles. The third-order valence-corrected chi connectivity index (χ3v) is 8.25. The van der Waals surface area contributed by atoms with Crippen molar-refractivity contribution in [2.24, 2.45) is 0 Å². The minimum Gasteiger partial charge on any atom is -0.394 e. The number of hydrogen-bond acceptors (Lipinski definition) is 11. The maximum absolute atomic E-state index is 9.37. The van der Waals surface area contributed by atoms with Gasteiger partial charge in [-0.1, -0.05) is 60.7 Å². The molecule has 7 unspecified atom stereocenters. The summed E-state index contributed by atoms with van der Waals surface area (Å²) in [7, 11) is 0. The second kappa shape index (κ2) is 13.2. The Morgan fingerprint density at radius 2 is 1.09 bits per heavy atom. The van der Waals surface area contributed by atoms with Crippen molar-refractivity contribution in [2.75, 3.05) is 13.2 Å². The summed E-state index contributed by atoms with van der Waals surface area (Å²) in [5.41, 5.74) is 2.16. The fourth-order valence-corrected chi connectivity index (χ4v) is 6.33. The third-order valence-electron chi connectivity index (χ3n) is 8.25. The van der Waals surface area contributed by atoms with Gasteiger partial charge in [0.05, 0.1) is 26.4 Å². The lowest BCUT2D eigenvalue weighted by Crippen LogP contribution is -2.40. The Bertz CT molecular complexity index is 1240. The summed E-state index contributed by atoms with van der Waals surface area (Å²) >= 11 is 0. The monoisotopic (exact) mass is 630 g/mol. The highest BCUT2D eigenvalue weighted by molar-refractivity contribution is 5.14. The number of aliphatic hydroxyl groups is 1. The summed E-state index contributed by atoms with van der Waals surface area (Å²) in [6.45, 7) is 12.6. The van der Waals surface area contributed by atoms with E-state index in [-0.39, 0.29) is 43.2 Å². The SMILES string of the molecule is CC1(C)OC2C(OCc3ccccc3)O[C@@H](CO)C2O1.CC1(C)OCC([C@@H]2OC(OCc3ccccc3)C3OC(C)(C)OC32)O1. The Morgan fingerprint density at radius 3 is 1.60 bits per heavy atom. The predicted molar refractivity (Wildman–Crippen MR) is 159 cm³/mol. The van der Waals surface area contributed by atoms with Crippen molar-refractivity contribution in [2.45, 2.75) is 127 Å². The summed E-state index contributed by atoms with van der Waals surface area (Å²) < 4.78 is 59.0. The van der Waals surface area contributed by atoms with Crippen LogP contribution >= 0.6 is 0 Å². The van der Waals surface area contributed by atoms with Crippen LogP contribution in [-0.4, -0.2) is 91.0 Å². The topological polar surface area (TPSA) is 113 Å².